The van der Waals surface area contributed by atoms with E-state index in [9.17, 15) is 13.9 Å². The van der Waals surface area contributed by atoms with Gasteiger partial charge in [-0.25, -0.2) is 0 Å². The highest BCUT2D eigenvalue weighted by molar-refractivity contribution is 8.27. The van der Waals surface area contributed by atoms with Crippen LogP contribution in [-0.2, 0) is 4.79 Å². The molecule has 124 valence electrons. The number of rotatable bonds is 3. The Kier molecular flexibility index (Phi) is 4.46. The Morgan fingerprint density at radius 1 is 1.08 bits per heavy atom. The van der Waals surface area contributed by atoms with Gasteiger partial charge in [-0.15, -0.1) is 10.6 Å². The summed E-state index contributed by atoms with van der Waals surface area (Å²) in [5.41, 5.74) is 1.94. The van der Waals surface area contributed by atoms with E-state index in [1.807, 2.05) is 0 Å². The Balaban J connectivity index is 1.80. The molecule has 0 spiro atoms. The number of anilines is 1. The minimum absolute atomic E-state index is 0.221. The van der Waals surface area contributed by atoms with Gasteiger partial charge in [0.15, 0.2) is 0 Å². The third kappa shape index (κ3) is 3.22. The van der Waals surface area contributed by atoms with Crippen LogP contribution in [0.3, 0.4) is 0 Å². The first-order valence-corrected chi connectivity index (χ1v) is 9.20. The molecule has 3 rings (SSSR count). The maximum absolute atomic E-state index is 12.4. The monoisotopic (exact) mass is 381 g/mol. The summed E-state index contributed by atoms with van der Waals surface area (Å²) in [5.74, 6) is -0.421. The lowest BCUT2D eigenvalue weighted by atomic mass is 10.1. The predicted octanol–water partition coefficient (Wildman–Crippen LogP) is 5.74. The standard InChI is InChI=1S/C17H13Cl2NO3S/c1-10(12-3-5-14(18)15(19)8-12)17(21)20-13-4-2-11-6-7-24(22,23)16(11)9-13/h2-9,22-23H,1H2,(H,20,21). The molecule has 0 unspecified atom stereocenters. The fraction of sp³-hybridized carbons (Fsp3) is 0. The Labute approximate surface area is 150 Å². The van der Waals surface area contributed by atoms with Gasteiger partial charge in [-0.05, 0) is 41.5 Å². The molecule has 0 bridgehead atoms. The van der Waals surface area contributed by atoms with Gasteiger partial charge in [0.2, 0.25) is 0 Å². The number of benzene rings is 2. The SMILES string of the molecule is C=C(C(=O)Nc1ccc2c(c1)S(O)(O)C=C2)c1ccc(Cl)c(Cl)c1. The van der Waals surface area contributed by atoms with Crippen LogP contribution in [0.15, 0.2) is 53.3 Å². The maximum Gasteiger partial charge on any atom is 0.255 e. The van der Waals surface area contributed by atoms with E-state index in [0.29, 0.717) is 26.2 Å². The number of amides is 1. The van der Waals surface area contributed by atoms with Crippen molar-refractivity contribution in [3.63, 3.8) is 0 Å². The Morgan fingerprint density at radius 2 is 1.83 bits per heavy atom. The van der Waals surface area contributed by atoms with Crippen molar-refractivity contribution >= 4 is 57.0 Å². The van der Waals surface area contributed by atoms with Gasteiger partial charge in [0.05, 0.1) is 14.9 Å². The molecule has 1 aliphatic heterocycles. The molecular formula is C17H13Cl2NO3S. The van der Waals surface area contributed by atoms with Crippen molar-refractivity contribution in [1.29, 1.82) is 0 Å². The summed E-state index contributed by atoms with van der Waals surface area (Å²) in [6.45, 7) is 3.77. The van der Waals surface area contributed by atoms with Crippen LogP contribution in [-0.4, -0.2) is 15.0 Å². The van der Waals surface area contributed by atoms with Gasteiger partial charge in [0.1, 0.15) is 0 Å². The zero-order valence-corrected chi connectivity index (χ0v) is 14.6. The van der Waals surface area contributed by atoms with Crippen LogP contribution < -0.4 is 5.32 Å². The summed E-state index contributed by atoms with van der Waals surface area (Å²) in [6.07, 6.45) is 1.64. The van der Waals surface area contributed by atoms with E-state index in [4.69, 9.17) is 23.2 Å². The van der Waals surface area contributed by atoms with Crippen molar-refractivity contribution in [2.75, 3.05) is 5.32 Å². The quantitative estimate of drug-likeness (QED) is 0.593. The first-order valence-electron chi connectivity index (χ1n) is 6.84. The minimum Gasteiger partial charge on any atom is -0.322 e. The molecule has 1 aliphatic rings. The smallest absolute Gasteiger partial charge is 0.255 e. The first kappa shape index (κ1) is 17.1. The van der Waals surface area contributed by atoms with Crippen LogP contribution >= 0.6 is 33.8 Å². The zero-order valence-electron chi connectivity index (χ0n) is 12.3. The molecule has 7 heteroatoms. The molecule has 0 radical (unpaired) electrons. The van der Waals surface area contributed by atoms with Crippen LogP contribution in [0.2, 0.25) is 10.0 Å². The summed E-state index contributed by atoms with van der Waals surface area (Å²) < 4.78 is 19.9. The molecule has 0 atom stereocenters. The van der Waals surface area contributed by atoms with Crippen molar-refractivity contribution in [1.82, 2.24) is 0 Å². The van der Waals surface area contributed by atoms with E-state index < -0.39 is 16.5 Å². The molecule has 1 amide bonds. The molecular weight excluding hydrogens is 369 g/mol. The maximum atomic E-state index is 12.4. The average molecular weight is 382 g/mol. The third-order valence-electron chi connectivity index (χ3n) is 3.57. The number of carbonyl (C=O) groups excluding carboxylic acids is 1. The molecule has 2 aromatic carbocycles. The van der Waals surface area contributed by atoms with Crippen LogP contribution in [0.5, 0.6) is 0 Å². The van der Waals surface area contributed by atoms with Crippen LogP contribution in [0, 0.1) is 0 Å². The molecule has 0 saturated heterocycles. The topological polar surface area (TPSA) is 69.6 Å². The van der Waals surface area contributed by atoms with E-state index in [1.165, 1.54) is 5.41 Å². The lowest BCUT2D eigenvalue weighted by Gasteiger charge is -2.25. The second-order valence-corrected chi connectivity index (χ2v) is 7.92. The second kappa shape index (κ2) is 6.27. The van der Waals surface area contributed by atoms with Gasteiger partial charge < -0.3 is 5.32 Å². The van der Waals surface area contributed by atoms with E-state index in [1.54, 1.807) is 42.5 Å². The number of nitrogens with one attached hydrogen (secondary N) is 1. The predicted molar refractivity (Wildman–Crippen MR) is 101 cm³/mol. The average Bonchev–Trinajstić information content (AvgIpc) is 2.84. The largest absolute Gasteiger partial charge is 0.322 e. The fourth-order valence-electron chi connectivity index (χ4n) is 2.27. The lowest BCUT2D eigenvalue weighted by molar-refractivity contribution is -0.111. The normalized spacial score (nSPS) is 15.7. The summed E-state index contributed by atoms with van der Waals surface area (Å²) in [5, 5.41) is 4.78. The summed E-state index contributed by atoms with van der Waals surface area (Å²) in [6, 6.07) is 9.75. The van der Waals surface area contributed by atoms with Gasteiger partial charge in [0.25, 0.3) is 5.91 Å². The minimum atomic E-state index is -2.93. The molecule has 24 heavy (non-hydrogen) atoms. The Hall–Kier alpha value is -1.76. The molecule has 0 aromatic heterocycles. The van der Waals surface area contributed by atoms with Crippen molar-refractivity contribution in [3.8, 4) is 0 Å². The van der Waals surface area contributed by atoms with Crippen molar-refractivity contribution in [2.24, 2.45) is 0 Å². The van der Waals surface area contributed by atoms with Crippen molar-refractivity contribution in [2.45, 2.75) is 4.90 Å². The Bertz CT molecular complexity index is 893. The molecule has 2 aromatic rings. The number of carbonyl (C=O) groups is 1. The third-order valence-corrected chi connectivity index (χ3v) is 5.83. The molecule has 0 fully saturated rings. The Morgan fingerprint density at radius 3 is 2.54 bits per heavy atom. The summed E-state index contributed by atoms with van der Waals surface area (Å²) in [7, 11) is -2.93. The second-order valence-electron chi connectivity index (χ2n) is 5.21. The van der Waals surface area contributed by atoms with Gasteiger partial charge in [-0.2, -0.15) is 0 Å². The number of fused-ring (bicyclic) bond motifs is 1. The zero-order chi connectivity index (χ0) is 17.5. The molecule has 3 N–H and O–H groups in total. The highest BCUT2D eigenvalue weighted by Gasteiger charge is 2.22. The summed E-state index contributed by atoms with van der Waals surface area (Å²) >= 11 is 11.8. The van der Waals surface area contributed by atoms with Crippen LogP contribution in [0.25, 0.3) is 11.6 Å². The number of hydrogen-bond donors (Lipinski definition) is 3. The van der Waals surface area contributed by atoms with Crippen molar-refractivity contribution < 1.29 is 13.9 Å². The van der Waals surface area contributed by atoms with Gasteiger partial charge in [0, 0.05) is 16.7 Å². The molecule has 0 saturated carbocycles. The fourth-order valence-corrected chi connectivity index (χ4v) is 3.84. The molecule has 4 nitrogen and oxygen atoms in total. The highest BCUT2D eigenvalue weighted by atomic mass is 35.5. The number of halogens is 2. The molecule has 0 aliphatic carbocycles. The van der Waals surface area contributed by atoms with E-state index >= 15 is 0 Å². The summed E-state index contributed by atoms with van der Waals surface area (Å²) in [4.78, 5) is 12.7. The first-order chi connectivity index (χ1) is 11.3. The van der Waals surface area contributed by atoms with Crippen LogP contribution in [0.4, 0.5) is 5.69 Å². The van der Waals surface area contributed by atoms with Crippen LogP contribution in [0.1, 0.15) is 11.1 Å². The van der Waals surface area contributed by atoms with Crippen molar-refractivity contribution in [3.05, 3.63) is 69.6 Å². The lowest BCUT2D eigenvalue weighted by Crippen LogP contribution is -2.13. The number of hydrogen-bond acceptors (Lipinski definition) is 3. The van der Waals surface area contributed by atoms with Gasteiger partial charge in [-0.3, -0.25) is 13.9 Å². The molecule has 1 heterocycles. The van der Waals surface area contributed by atoms with E-state index in [0.717, 1.165) is 5.56 Å². The van der Waals surface area contributed by atoms with Gasteiger partial charge in [-0.1, -0.05) is 41.9 Å². The highest BCUT2D eigenvalue weighted by Crippen LogP contribution is 2.56. The van der Waals surface area contributed by atoms with E-state index in [2.05, 4.69) is 11.9 Å². The van der Waals surface area contributed by atoms with E-state index in [-0.39, 0.29) is 5.57 Å². The van der Waals surface area contributed by atoms with Gasteiger partial charge >= 0.3 is 0 Å².